The van der Waals surface area contributed by atoms with E-state index in [1.807, 2.05) is 24.3 Å². The van der Waals surface area contributed by atoms with Crippen LogP contribution in [-0.2, 0) is 0 Å². The summed E-state index contributed by atoms with van der Waals surface area (Å²) in [4.78, 5) is 3.89. The molecule has 72 valence electrons. The van der Waals surface area contributed by atoms with E-state index in [-0.39, 0.29) is 0 Å². The topological polar surface area (TPSA) is 48.1 Å². The average molecular weight is 271 g/mol. The smallest absolute Gasteiger partial charge is 0.202 e. The van der Waals surface area contributed by atoms with E-state index in [0.717, 1.165) is 10.2 Å². The number of thiazole rings is 1. The second-order valence-corrected chi connectivity index (χ2v) is 4.51. The van der Waals surface area contributed by atoms with Crippen molar-refractivity contribution in [3.8, 4) is 10.8 Å². The Hall–Kier alpha value is -1.07. The van der Waals surface area contributed by atoms with Crippen molar-refractivity contribution in [2.45, 2.75) is 0 Å². The molecule has 2 rings (SSSR count). The number of aromatic nitrogens is 1. The second kappa shape index (κ2) is 3.98. The van der Waals surface area contributed by atoms with Crippen molar-refractivity contribution in [1.82, 2.24) is 4.98 Å². The minimum Gasteiger partial charge on any atom is -0.445 e. The van der Waals surface area contributed by atoms with Gasteiger partial charge in [-0.3, -0.25) is 0 Å². The fraction of sp³-hybridized carbons (Fsp3) is 0. The Bertz CT molecular complexity index is 427. The molecule has 0 unspecified atom stereocenters. The molecule has 0 bridgehead atoms. The van der Waals surface area contributed by atoms with Crippen LogP contribution in [0.4, 0.5) is 5.13 Å². The number of hydrogen-bond acceptors (Lipinski definition) is 4. The van der Waals surface area contributed by atoms with Crippen molar-refractivity contribution < 1.29 is 4.74 Å². The molecule has 5 heteroatoms. The molecule has 0 saturated carbocycles. The first-order chi connectivity index (χ1) is 6.74. The van der Waals surface area contributed by atoms with Crippen LogP contribution in [0.3, 0.4) is 0 Å². The lowest BCUT2D eigenvalue weighted by atomic mass is 10.3. The molecule has 1 aromatic heterocycles. The standard InChI is InChI=1S/C9H7BrN2OS/c10-6-1-3-7(4-2-6)13-8-5-12-9(11)14-8/h1-5H,(H2,11,12). The van der Waals surface area contributed by atoms with Gasteiger partial charge in [0.15, 0.2) is 5.13 Å². The fourth-order valence-corrected chi connectivity index (χ4v) is 1.76. The van der Waals surface area contributed by atoms with E-state index >= 15 is 0 Å². The van der Waals surface area contributed by atoms with Crippen molar-refractivity contribution >= 4 is 32.4 Å². The highest BCUT2D eigenvalue weighted by molar-refractivity contribution is 9.10. The third-order valence-electron chi connectivity index (χ3n) is 1.53. The van der Waals surface area contributed by atoms with Crippen LogP contribution in [0, 0.1) is 0 Å². The Morgan fingerprint density at radius 3 is 2.57 bits per heavy atom. The first kappa shape index (κ1) is 9.48. The first-order valence-electron chi connectivity index (χ1n) is 3.89. The number of hydrogen-bond donors (Lipinski definition) is 1. The van der Waals surface area contributed by atoms with Gasteiger partial charge in [-0.15, -0.1) is 0 Å². The van der Waals surface area contributed by atoms with Crippen LogP contribution < -0.4 is 10.5 Å². The summed E-state index contributed by atoms with van der Waals surface area (Å²) in [5.41, 5.74) is 5.48. The van der Waals surface area contributed by atoms with E-state index in [9.17, 15) is 0 Å². The zero-order chi connectivity index (χ0) is 9.97. The summed E-state index contributed by atoms with van der Waals surface area (Å²) in [5, 5.41) is 1.21. The lowest BCUT2D eigenvalue weighted by Gasteiger charge is -2.00. The minimum absolute atomic E-state index is 0.511. The zero-order valence-corrected chi connectivity index (χ0v) is 9.51. The van der Waals surface area contributed by atoms with Crippen molar-refractivity contribution in [3.05, 3.63) is 34.9 Å². The maximum atomic E-state index is 5.51. The molecule has 0 aliphatic rings. The molecule has 0 amide bonds. The summed E-state index contributed by atoms with van der Waals surface area (Å²) in [6, 6.07) is 7.58. The Labute approximate surface area is 93.7 Å². The van der Waals surface area contributed by atoms with Crippen molar-refractivity contribution in [2.75, 3.05) is 5.73 Å². The maximum absolute atomic E-state index is 5.51. The minimum atomic E-state index is 0.511. The van der Waals surface area contributed by atoms with E-state index in [1.54, 1.807) is 6.20 Å². The molecule has 1 aromatic carbocycles. The summed E-state index contributed by atoms with van der Waals surface area (Å²) < 4.78 is 6.53. The van der Waals surface area contributed by atoms with Crippen LogP contribution >= 0.6 is 27.3 Å². The summed E-state index contributed by atoms with van der Waals surface area (Å²) in [5.74, 6) is 0.775. The molecule has 2 aromatic rings. The van der Waals surface area contributed by atoms with Crippen molar-refractivity contribution in [3.63, 3.8) is 0 Å². The SMILES string of the molecule is Nc1ncc(Oc2ccc(Br)cc2)s1. The van der Waals surface area contributed by atoms with Gasteiger partial charge in [0.1, 0.15) is 5.75 Å². The second-order valence-electron chi connectivity index (χ2n) is 2.57. The molecular weight excluding hydrogens is 264 g/mol. The predicted octanol–water partition coefficient (Wildman–Crippen LogP) is 3.28. The van der Waals surface area contributed by atoms with E-state index in [2.05, 4.69) is 20.9 Å². The van der Waals surface area contributed by atoms with Gasteiger partial charge in [0.2, 0.25) is 5.06 Å². The Balaban J connectivity index is 2.15. The highest BCUT2D eigenvalue weighted by atomic mass is 79.9. The highest BCUT2D eigenvalue weighted by Gasteiger charge is 2.00. The molecule has 0 spiro atoms. The van der Waals surface area contributed by atoms with Crippen LogP contribution in [0.15, 0.2) is 34.9 Å². The highest BCUT2D eigenvalue weighted by Crippen LogP contribution is 2.29. The third-order valence-corrected chi connectivity index (χ3v) is 2.77. The number of nitrogen functional groups attached to an aromatic ring is 1. The zero-order valence-electron chi connectivity index (χ0n) is 7.11. The van der Waals surface area contributed by atoms with Gasteiger partial charge in [-0.05, 0) is 24.3 Å². The molecule has 0 saturated heterocycles. The quantitative estimate of drug-likeness (QED) is 0.911. The summed E-state index contributed by atoms with van der Waals surface area (Å²) in [7, 11) is 0. The number of anilines is 1. The molecule has 0 fully saturated rings. The third kappa shape index (κ3) is 2.24. The molecule has 0 aliphatic heterocycles. The lowest BCUT2D eigenvalue weighted by Crippen LogP contribution is -1.79. The Kier molecular flexibility index (Phi) is 2.69. The van der Waals surface area contributed by atoms with Gasteiger partial charge in [-0.1, -0.05) is 27.3 Å². The van der Waals surface area contributed by atoms with Crippen LogP contribution in [0.25, 0.3) is 0 Å². The maximum Gasteiger partial charge on any atom is 0.202 e. The first-order valence-corrected chi connectivity index (χ1v) is 5.50. The van der Waals surface area contributed by atoms with Crippen molar-refractivity contribution in [1.29, 1.82) is 0 Å². The van der Waals surface area contributed by atoms with Gasteiger partial charge < -0.3 is 10.5 Å². The van der Waals surface area contributed by atoms with E-state index in [1.165, 1.54) is 11.3 Å². The molecule has 1 heterocycles. The van der Waals surface area contributed by atoms with Crippen LogP contribution in [-0.4, -0.2) is 4.98 Å². The number of nitrogens with two attached hydrogens (primary N) is 1. The van der Waals surface area contributed by atoms with Gasteiger partial charge >= 0.3 is 0 Å². The molecule has 0 radical (unpaired) electrons. The van der Waals surface area contributed by atoms with E-state index in [0.29, 0.717) is 10.2 Å². The van der Waals surface area contributed by atoms with Gasteiger partial charge in [0.05, 0.1) is 6.20 Å². The number of ether oxygens (including phenoxy) is 1. The molecule has 3 nitrogen and oxygen atoms in total. The molecule has 0 aliphatic carbocycles. The van der Waals surface area contributed by atoms with Gasteiger partial charge in [-0.25, -0.2) is 4.98 Å². The van der Waals surface area contributed by atoms with Crippen LogP contribution in [0.2, 0.25) is 0 Å². The number of benzene rings is 1. The average Bonchev–Trinajstić information content (AvgIpc) is 2.56. The van der Waals surface area contributed by atoms with Crippen molar-refractivity contribution in [2.24, 2.45) is 0 Å². The van der Waals surface area contributed by atoms with Crippen LogP contribution in [0.5, 0.6) is 10.8 Å². The lowest BCUT2D eigenvalue weighted by molar-refractivity contribution is 0.495. The predicted molar refractivity (Wildman–Crippen MR) is 60.7 cm³/mol. The monoisotopic (exact) mass is 270 g/mol. The summed E-state index contributed by atoms with van der Waals surface area (Å²) >= 11 is 4.67. The molecule has 0 atom stereocenters. The summed E-state index contributed by atoms with van der Waals surface area (Å²) in [6.07, 6.45) is 1.61. The van der Waals surface area contributed by atoms with Gasteiger partial charge in [0, 0.05) is 4.47 Å². The molecule has 2 N–H and O–H groups in total. The Morgan fingerprint density at radius 1 is 1.29 bits per heavy atom. The number of nitrogens with zero attached hydrogens (tertiary/aromatic N) is 1. The number of halogens is 1. The van der Waals surface area contributed by atoms with Crippen LogP contribution in [0.1, 0.15) is 0 Å². The Morgan fingerprint density at radius 2 is 2.00 bits per heavy atom. The van der Waals surface area contributed by atoms with Gasteiger partial charge in [0.25, 0.3) is 0 Å². The summed E-state index contributed by atoms with van der Waals surface area (Å²) in [6.45, 7) is 0. The largest absolute Gasteiger partial charge is 0.445 e. The molecular formula is C9H7BrN2OS. The number of rotatable bonds is 2. The molecule has 14 heavy (non-hydrogen) atoms. The van der Waals surface area contributed by atoms with Gasteiger partial charge in [-0.2, -0.15) is 0 Å². The van der Waals surface area contributed by atoms with E-state index in [4.69, 9.17) is 10.5 Å². The normalized spacial score (nSPS) is 10.1. The fourth-order valence-electron chi connectivity index (χ4n) is 0.938. The van der Waals surface area contributed by atoms with E-state index < -0.39 is 0 Å².